The normalized spacial score (nSPS) is 17.9. The first-order chi connectivity index (χ1) is 8.99. The lowest BCUT2D eigenvalue weighted by molar-refractivity contribution is -0.176. The van der Waals surface area contributed by atoms with E-state index in [1.54, 1.807) is 0 Å². The van der Waals surface area contributed by atoms with E-state index in [4.69, 9.17) is 0 Å². The van der Waals surface area contributed by atoms with Crippen LogP contribution in [0.15, 0.2) is 0 Å². The molecule has 0 aromatic rings. The Kier molecular flexibility index (Phi) is 11.0. The van der Waals surface area contributed by atoms with Crippen molar-refractivity contribution < 1.29 is 9.46 Å². The van der Waals surface area contributed by atoms with Crippen LogP contribution in [0.4, 0.5) is 0 Å². The molecule has 2 unspecified atom stereocenters. The Bertz CT molecular complexity index is 231. The molecule has 3 heteroatoms. The monoisotopic (exact) mass is 289 g/mol. The highest BCUT2D eigenvalue weighted by molar-refractivity contribution is 7.56. The first-order valence-electron chi connectivity index (χ1n) is 8.28. The zero-order chi connectivity index (χ0) is 14.7. The van der Waals surface area contributed by atoms with Crippen LogP contribution in [0, 0.1) is 11.8 Å². The van der Waals surface area contributed by atoms with Crippen molar-refractivity contribution >= 4 is 7.37 Å². The maximum atomic E-state index is 12.3. The summed E-state index contributed by atoms with van der Waals surface area (Å²) in [5.74, 6) is 0.763. The first kappa shape index (κ1) is 19.2. The van der Waals surface area contributed by atoms with Crippen LogP contribution in [0.5, 0.6) is 0 Å². The molecule has 0 bridgehead atoms. The van der Waals surface area contributed by atoms with E-state index in [1.165, 1.54) is 0 Å². The molecular weight excluding hydrogens is 255 g/mol. The van der Waals surface area contributed by atoms with E-state index < -0.39 is 7.37 Å². The molecule has 0 saturated carbocycles. The number of rotatable bonds is 12. The molecule has 0 rings (SSSR count). The van der Waals surface area contributed by atoms with Crippen molar-refractivity contribution in [2.24, 2.45) is 11.8 Å². The predicted molar refractivity (Wildman–Crippen MR) is 84.0 cm³/mol. The van der Waals surface area contributed by atoms with Crippen molar-refractivity contribution in [3.63, 3.8) is 0 Å². The lowest BCUT2D eigenvalue weighted by Gasteiger charge is -2.31. The van der Waals surface area contributed by atoms with E-state index in [0.717, 1.165) is 51.4 Å². The van der Waals surface area contributed by atoms with Crippen LogP contribution in [-0.4, -0.2) is 12.3 Å². The van der Waals surface area contributed by atoms with Crippen molar-refractivity contribution in [2.75, 3.05) is 12.3 Å². The fourth-order valence-electron chi connectivity index (χ4n) is 2.70. The van der Waals surface area contributed by atoms with Gasteiger partial charge in [0.1, 0.15) is 0 Å². The summed E-state index contributed by atoms with van der Waals surface area (Å²) in [6, 6.07) is 0. The third-order valence-corrected chi connectivity index (χ3v) is 6.30. The van der Waals surface area contributed by atoms with E-state index in [1.807, 2.05) is 0 Å². The molecule has 0 amide bonds. The summed E-state index contributed by atoms with van der Waals surface area (Å²) >= 11 is 0. The topological polar surface area (TPSA) is 40.1 Å². The molecule has 0 aliphatic heterocycles. The molecule has 0 fully saturated rings. The van der Waals surface area contributed by atoms with Gasteiger partial charge < -0.3 is 9.46 Å². The zero-order valence-corrected chi connectivity index (χ0v) is 14.4. The summed E-state index contributed by atoms with van der Waals surface area (Å²) in [5.41, 5.74) is 0. The van der Waals surface area contributed by atoms with E-state index >= 15 is 0 Å². The van der Waals surface area contributed by atoms with Gasteiger partial charge in [0.25, 0.3) is 0 Å². The van der Waals surface area contributed by atoms with Crippen LogP contribution in [0.2, 0.25) is 0 Å². The fourth-order valence-corrected chi connectivity index (χ4v) is 5.30. The van der Waals surface area contributed by atoms with Gasteiger partial charge in [0, 0.05) is 7.37 Å². The average molecular weight is 289 g/mol. The molecule has 0 radical (unpaired) electrons. The van der Waals surface area contributed by atoms with Gasteiger partial charge in [0.2, 0.25) is 0 Å². The second-order valence-electron chi connectivity index (χ2n) is 6.01. The molecule has 0 aliphatic carbocycles. The van der Waals surface area contributed by atoms with Gasteiger partial charge in [-0.2, -0.15) is 0 Å². The quantitative estimate of drug-likeness (QED) is 0.471. The molecule has 0 aromatic heterocycles. The Hall–Kier alpha value is 0.190. The number of hydrogen-bond acceptors (Lipinski definition) is 2. The molecular formula is C16H34O2P-. The van der Waals surface area contributed by atoms with Crippen LogP contribution in [0.25, 0.3) is 0 Å². The van der Waals surface area contributed by atoms with Crippen LogP contribution < -0.4 is 4.89 Å². The summed E-state index contributed by atoms with van der Waals surface area (Å²) in [7, 11) is -3.17. The molecule has 0 heterocycles. The average Bonchev–Trinajstić information content (AvgIpc) is 2.39. The van der Waals surface area contributed by atoms with Gasteiger partial charge in [0.15, 0.2) is 0 Å². The summed E-state index contributed by atoms with van der Waals surface area (Å²) in [4.78, 5) is 12.3. The minimum absolute atomic E-state index is 0.381. The fraction of sp³-hybridized carbons (Fsp3) is 1.00. The SMILES string of the molecule is CCCCC(CC)CP(=O)([O-])CC(CC)CCCC. The molecule has 0 saturated heterocycles. The van der Waals surface area contributed by atoms with Crippen LogP contribution in [-0.2, 0) is 4.57 Å². The number of hydrogen-bond donors (Lipinski definition) is 0. The van der Waals surface area contributed by atoms with Crippen molar-refractivity contribution in [3.8, 4) is 0 Å². The molecule has 116 valence electrons. The molecule has 0 aliphatic rings. The van der Waals surface area contributed by atoms with Gasteiger partial charge >= 0.3 is 0 Å². The Morgan fingerprint density at radius 1 is 0.842 bits per heavy atom. The van der Waals surface area contributed by atoms with Crippen LogP contribution in [0.3, 0.4) is 0 Å². The lowest BCUT2D eigenvalue weighted by atomic mass is 10.0. The smallest absolute Gasteiger partial charge is 0.0153 e. The second kappa shape index (κ2) is 10.9. The third-order valence-electron chi connectivity index (χ3n) is 4.16. The number of unbranched alkanes of at least 4 members (excludes halogenated alkanes) is 2. The molecule has 0 spiro atoms. The summed E-state index contributed by atoms with van der Waals surface area (Å²) in [6.07, 6.45) is 9.66. The van der Waals surface area contributed by atoms with Crippen molar-refractivity contribution in [2.45, 2.75) is 79.1 Å². The molecule has 2 atom stereocenters. The van der Waals surface area contributed by atoms with E-state index in [-0.39, 0.29) is 0 Å². The van der Waals surface area contributed by atoms with Gasteiger partial charge in [-0.1, -0.05) is 79.1 Å². The van der Waals surface area contributed by atoms with Crippen molar-refractivity contribution in [1.82, 2.24) is 0 Å². The molecule has 2 nitrogen and oxygen atoms in total. The van der Waals surface area contributed by atoms with Crippen LogP contribution >= 0.6 is 7.37 Å². The summed E-state index contributed by atoms with van der Waals surface area (Å²) in [6.45, 7) is 8.58. The van der Waals surface area contributed by atoms with E-state index in [0.29, 0.717) is 24.2 Å². The Balaban J connectivity index is 4.29. The first-order valence-corrected chi connectivity index (χ1v) is 10.3. The summed E-state index contributed by atoms with van der Waals surface area (Å²) < 4.78 is 12.3. The van der Waals surface area contributed by atoms with Crippen molar-refractivity contribution in [1.29, 1.82) is 0 Å². The van der Waals surface area contributed by atoms with Gasteiger partial charge in [-0.05, 0) is 24.2 Å². The Morgan fingerprint density at radius 3 is 1.47 bits per heavy atom. The molecule has 19 heavy (non-hydrogen) atoms. The van der Waals surface area contributed by atoms with Crippen LogP contribution in [0.1, 0.15) is 79.1 Å². The molecule has 0 N–H and O–H groups in total. The minimum atomic E-state index is -3.17. The largest absolute Gasteiger partial charge is 0.799 e. The highest BCUT2D eigenvalue weighted by atomic mass is 31.2. The zero-order valence-electron chi connectivity index (χ0n) is 13.5. The maximum absolute atomic E-state index is 12.3. The minimum Gasteiger partial charge on any atom is -0.799 e. The second-order valence-corrected chi connectivity index (χ2v) is 8.37. The third kappa shape index (κ3) is 9.68. The molecule has 0 aromatic carbocycles. The Labute approximate surface area is 120 Å². The van der Waals surface area contributed by atoms with E-state index in [2.05, 4.69) is 27.7 Å². The highest BCUT2D eigenvalue weighted by Gasteiger charge is 2.19. The standard InChI is InChI=1S/C16H35O2P/c1-5-9-11-15(7-3)13-19(17,18)14-16(8-4)12-10-6-2/h15-16H,5-14H2,1-4H3,(H,17,18)/p-1. The highest BCUT2D eigenvalue weighted by Crippen LogP contribution is 2.43. The van der Waals surface area contributed by atoms with Gasteiger partial charge in [-0.15, -0.1) is 0 Å². The summed E-state index contributed by atoms with van der Waals surface area (Å²) in [5, 5.41) is 0. The van der Waals surface area contributed by atoms with Crippen molar-refractivity contribution in [3.05, 3.63) is 0 Å². The Morgan fingerprint density at radius 2 is 1.21 bits per heavy atom. The van der Waals surface area contributed by atoms with Gasteiger partial charge in [0.05, 0.1) is 0 Å². The van der Waals surface area contributed by atoms with E-state index in [9.17, 15) is 9.46 Å². The van der Waals surface area contributed by atoms with Gasteiger partial charge in [-0.25, -0.2) is 0 Å². The predicted octanol–water partition coefficient (Wildman–Crippen LogP) is 5.06. The lowest BCUT2D eigenvalue weighted by Crippen LogP contribution is -2.19. The van der Waals surface area contributed by atoms with Gasteiger partial charge in [-0.3, -0.25) is 0 Å². The maximum Gasteiger partial charge on any atom is 0.0153 e.